The molecule has 19 heavy (non-hydrogen) atoms. The normalized spacial score (nSPS) is 17.2. The molecule has 0 saturated carbocycles. The number of para-hydroxylation sites is 1. The number of esters is 1. The monoisotopic (exact) mass is 259 g/mol. The minimum absolute atomic E-state index is 0.232. The van der Waals surface area contributed by atoms with E-state index in [4.69, 9.17) is 4.74 Å². The Morgan fingerprint density at radius 1 is 1.26 bits per heavy atom. The molecule has 0 radical (unpaired) electrons. The summed E-state index contributed by atoms with van der Waals surface area (Å²) < 4.78 is 4.95. The van der Waals surface area contributed by atoms with Crippen molar-refractivity contribution < 1.29 is 14.3 Å². The summed E-state index contributed by atoms with van der Waals surface area (Å²) in [4.78, 5) is 23.1. The maximum Gasteiger partial charge on any atom is 0.306 e. The Bertz CT molecular complexity index is 468. The molecule has 2 rings (SSSR count). The molecule has 0 aliphatic heterocycles. The van der Waals surface area contributed by atoms with E-state index in [9.17, 15) is 9.59 Å². The van der Waals surface area contributed by atoms with Gasteiger partial charge >= 0.3 is 5.97 Å². The molecule has 1 N–H and O–H groups in total. The zero-order chi connectivity index (χ0) is 13.5. The Labute approximate surface area is 112 Å². The molecule has 1 aliphatic carbocycles. The van der Waals surface area contributed by atoms with Crippen molar-refractivity contribution in [1.29, 1.82) is 0 Å². The fourth-order valence-corrected chi connectivity index (χ4v) is 2.00. The Hall–Kier alpha value is -2.10. The molecule has 0 fully saturated rings. The van der Waals surface area contributed by atoms with Gasteiger partial charge in [0.15, 0.2) is 6.61 Å². The molecule has 0 saturated heterocycles. The number of allylic oxidation sites excluding steroid dienone is 2. The minimum atomic E-state index is -0.320. The van der Waals surface area contributed by atoms with E-state index in [1.165, 1.54) is 0 Å². The van der Waals surface area contributed by atoms with E-state index in [1.807, 2.05) is 24.3 Å². The zero-order valence-corrected chi connectivity index (χ0v) is 10.7. The van der Waals surface area contributed by atoms with E-state index in [2.05, 4.69) is 11.4 Å². The van der Waals surface area contributed by atoms with Crippen LogP contribution in [-0.4, -0.2) is 18.5 Å². The van der Waals surface area contributed by atoms with Crippen molar-refractivity contribution in [3.63, 3.8) is 0 Å². The molecule has 100 valence electrons. The fraction of sp³-hybridized carbons (Fsp3) is 0.333. The van der Waals surface area contributed by atoms with Gasteiger partial charge in [-0.3, -0.25) is 9.59 Å². The molecule has 0 aromatic heterocycles. The van der Waals surface area contributed by atoms with Gasteiger partial charge in [-0.15, -0.1) is 0 Å². The van der Waals surface area contributed by atoms with Crippen molar-refractivity contribution in [1.82, 2.24) is 0 Å². The van der Waals surface area contributed by atoms with Gasteiger partial charge in [0.1, 0.15) is 0 Å². The molecule has 4 nitrogen and oxygen atoms in total. The lowest BCUT2D eigenvalue weighted by molar-refractivity contribution is -0.147. The smallest absolute Gasteiger partial charge is 0.306 e. The standard InChI is InChI=1S/C15H17NO3/c17-14(16-13-8-2-1-3-9-13)11-19-15(18)10-12-6-4-5-7-12/h1-4,6,8-9,12H,5,7,10-11H2,(H,16,17)/t12-/m1/s1. The van der Waals surface area contributed by atoms with Crippen LogP contribution in [0.2, 0.25) is 0 Å². The molecule has 0 spiro atoms. The largest absolute Gasteiger partial charge is 0.456 e. The molecule has 1 aromatic rings. The first-order chi connectivity index (χ1) is 9.24. The van der Waals surface area contributed by atoms with Crippen LogP contribution in [0.15, 0.2) is 42.5 Å². The van der Waals surface area contributed by atoms with E-state index in [0.29, 0.717) is 12.1 Å². The van der Waals surface area contributed by atoms with E-state index in [-0.39, 0.29) is 24.4 Å². The molecule has 1 aliphatic rings. The SMILES string of the molecule is O=C(COC(=O)C[C@@H]1C=CCC1)Nc1ccccc1. The van der Waals surface area contributed by atoms with Crippen molar-refractivity contribution in [3.8, 4) is 0 Å². The summed E-state index contributed by atoms with van der Waals surface area (Å²) in [5.41, 5.74) is 0.697. The first-order valence-corrected chi connectivity index (χ1v) is 6.41. The van der Waals surface area contributed by atoms with Gasteiger partial charge < -0.3 is 10.1 Å². The van der Waals surface area contributed by atoms with Gasteiger partial charge in [-0.1, -0.05) is 30.4 Å². The summed E-state index contributed by atoms with van der Waals surface area (Å²) in [5.74, 6) is -0.369. The van der Waals surface area contributed by atoms with Crippen molar-refractivity contribution in [2.75, 3.05) is 11.9 Å². The van der Waals surface area contributed by atoms with Gasteiger partial charge in [-0.2, -0.15) is 0 Å². The lowest BCUT2D eigenvalue weighted by atomic mass is 10.1. The van der Waals surface area contributed by atoms with Gasteiger partial charge in [-0.05, 0) is 30.9 Å². The number of anilines is 1. The Morgan fingerprint density at radius 3 is 2.74 bits per heavy atom. The Morgan fingerprint density at radius 2 is 2.05 bits per heavy atom. The van der Waals surface area contributed by atoms with Crippen molar-refractivity contribution in [2.24, 2.45) is 5.92 Å². The lowest BCUT2D eigenvalue weighted by Crippen LogP contribution is -2.21. The third-order valence-corrected chi connectivity index (χ3v) is 2.96. The number of carbonyl (C=O) groups is 2. The molecular weight excluding hydrogens is 242 g/mol. The summed E-state index contributed by atoms with van der Waals surface area (Å²) in [6.07, 6.45) is 6.47. The predicted octanol–water partition coefficient (Wildman–Crippen LogP) is 2.52. The molecule has 0 heterocycles. The number of amides is 1. The average Bonchev–Trinajstić information content (AvgIpc) is 2.90. The zero-order valence-electron chi connectivity index (χ0n) is 10.7. The van der Waals surface area contributed by atoms with Crippen LogP contribution in [-0.2, 0) is 14.3 Å². The predicted molar refractivity (Wildman–Crippen MR) is 72.5 cm³/mol. The number of nitrogens with one attached hydrogen (secondary N) is 1. The molecular formula is C15H17NO3. The van der Waals surface area contributed by atoms with E-state index < -0.39 is 0 Å². The highest BCUT2D eigenvalue weighted by atomic mass is 16.5. The Balaban J connectivity index is 1.68. The second-order valence-electron chi connectivity index (χ2n) is 4.54. The van der Waals surface area contributed by atoms with Crippen LogP contribution in [0.25, 0.3) is 0 Å². The van der Waals surface area contributed by atoms with E-state index >= 15 is 0 Å². The van der Waals surface area contributed by atoms with Gasteiger partial charge in [0.2, 0.25) is 0 Å². The third-order valence-electron chi connectivity index (χ3n) is 2.96. The second-order valence-corrected chi connectivity index (χ2v) is 4.54. The molecule has 0 unspecified atom stereocenters. The topological polar surface area (TPSA) is 55.4 Å². The number of carbonyl (C=O) groups excluding carboxylic acids is 2. The first-order valence-electron chi connectivity index (χ1n) is 6.41. The highest BCUT2D eigenvalue weighted by Gasteiger charge is 2.15. The molecule has 1 atom stereocenters. The van der Waals surface area contributed by atoms with Crippen LogP contribution >= 0.6 is 0 Å². The molecule has 4 heteroatoms. The van der Waals surface area contributed by atoms with Crippen LogP contribution in [0.1, 0.15) is 19.3 Å². The maximum atomic E-state index is 11.6. The van der Waals surface area contributed by atoms with Gasteiger partial charge in [-0.25, -0.2) is 0 Å². The molecule has 0 bridgehead atoms. The quantitative estimate of drug-likeness (QED) is 0.653. The number of hydrogen-bond donors (Lipinski definition) is 1. The van der Waals surface area contributed by atoms with Gasteiger partial charge in [0.05, 0.1) is 6.42 Å². The summed E-state index contributed by atoms with van der Waals surface area (Å²) >= 11 is 0. The summed E-state index contributed by atoms with van der Waals surface area (Å²) in [6.45, 7) is -0.232. The Kier molecular flexibility index (Phi) is 4.72. The van der Waals surface area contributed by atoms with Crippen LogP contribution in [0, 0.1) is 5.92 Å². The number of benzene rings is 1. The lowest BCUT2D eigenvalue weighted by Gasteiger charge is -2.08. The van der Waals surface area contributed by atoms with Crippen LogP contribution in [0.3, 0.4) is 0 Å². The van der Waals surface area contributed by atoms with Crippen LogP contribution in [0.4, 0.5) is 5.69 Å². The first kappa shape index (κ1) is 13.3. The minimum Gasteiger partial charge on any atom is -0.456 e. The average molecular weight is 259 g/mol. The number of ether oxygens (including phenoxy) is 1. The second kappa shape index (κ2) is 6.73. The number of rotatable bonds is 5. The van der Waals surface area contributed by atoms with Gasteiger partial charge in [0.25, 0.3) is 5.91 Å². The van der Waals surface area contributed by atoms with Crippen molar-refractivity contribution >= 4 is 17.6 Å². The van der Waals surface area contributed by atoms with Crippen molar-refractivity contribution in [2.45, 2.75) is 19.3 Å². The summed E-state index contributed by atoms with van der Waals surface area (Å²) in [5, 5.41) is 2.66. The van der Waals surface area contributed by atoms with E-state index in [0.717, 1.165) is 12.8 Å². The maximum absolute atomic E-state index is 11.6. The van der Waals surface area contributed by atoms with Gasteiger partial charge in [0, 0.05) is 5.69 Å². The fourth-order valence-electron chi connectivity index (χ4n) is 2.00. The van der Waals surface area contributed by atoms with Crippen LogP contribution in [0.5, 0.6) is 0 Å². The van der Waals surface area contributed by atoms with E-state index in [1.54, 1.807) is 12.1 Å². The highest BCUT2D eigenvalue weighted by Crippen LogP contribution is 2.20. The van der Waals surface area contributed by atoms with Crippen LogP contribution < -0.4 is 5.32 Å². The molecule has 1 aromatic carbocycles. The summed E-state index contributed by atoms with van der Waals surface area (Å²) in [7, 11) is 0. The molecule has 1 amide bonds. The van der Waals surface area contributed by atoms with Crippen molar-refractivity contribution in [3.05, 3.63) is 42.5 Å². The summed E-state index contributed by atoms with van der Waals surface area (Å²) in [6, 6.07) is 9.08. The number of hydrogen-bond acceptors (Lipinski definition) is 3. The highest BCUT2D eigenvalue weighted by molar-refractivity contribution is 5.92. The third kappa shape index (κ3) is 4.58.